The van der Waals surface area contributed by atoms with E-state index in [1.165, 1.54) is 10.9 Å². The molecule has 0 saturated carbocycles. The second-order valence-electron chi connectivity index (χ2n) is 8.97. The number of carbonyl (C=O) groups excluding carboxylic acids is 1. The molecule has 0 fully saturated rings. The number of hydrogen-bond donors (Lipinski definition) is 1. The Balaban J connectivity index is 1.38. The number of aromatic amines is 1. The number of fused-ring (bicyclic) bond motifs is 2. The van der Waals surface area contributed by atoms with Crippen LogP contribution in [0.4, 0.5) is 0 Å². The summed E-state index contributed by atoms with van der Waals surface area (Å²) >= 11 is 0. The molecule has 0 aliphatic carbocycles. The van der Waals surface area contributed by atoms with E-state index in [1.807, 2.05) is 74.0 Å². The van der Waals surface area contributed by atoms with Gasteiger partial charge < -0.3 is 14.3 Å². The molecule has 0 atom stereocenters. The van der Waals surface area contributed by atoms with Gasteiger partial charge >= 0.3 is 0 Å². The number of carbonyl (C=O) groups is 1. The highest BCUT2D eigenvalue weighted by atomic mass is 16.5. The molecule has 0 saturated heterocycles. The van der Waals surface area contributed by atoms with E-state index in [2.05, 4.69) is 33.8 Å². The third kappa shape index (κ3) is 3.77. The number of nitrogens with one attached hydrogen (secondary N) is 1. The highest BCUT2D eigenvalue weighted by Crippen LogP contribution is 2.28. The molecule has 2 aromatic heterocycles. The first-order valence-corrected chi connectivity index (χ1v) is 12.0. The van der Waals surface area contributed by atoms with Gasteiger partial charge in [-0.05, 0) is 54.5 Å². The molecule has 1 aliphatic rings. The Kier molecular flexibility index (Phi) is 5.41. The Morgan fingerprint density at radius 1 is 0.972 bits per heavy atom. The van der Waals surface area contributed by atoms with Crippen molar-refractivity contribution in [2.24, 2.45) is 12.0 Å². The summed E-state index contributed by atoms with van der Waals surface area (Å²) in [4.78, 5) is 23.7. The number of aryl methyl sites for hydroxylation is 1. The fraction of sp³-hybridized carbons (Fsp3) is 0.133. The summed E-state index contributed by atoms with van der Waals surface area (Å²) in [6.45, 7) is 0.526. The quantitative estimate of drug-likeness (QED) is 0.329. The molecule has 1 aliphatic heterocycles. The standard InChI is InChI=1S/C30H26N4O2/c1-33-19-22(25-8-4-6-10-28(25)33)17-27-30(35)34(29(32-27)20-11-13-23(36-2)14-12-20)16-15-21-18-31-26-9-5-3-7-24(21)26/h3-14,17-19,31H,15-16H2,1-2H3/b27-17+. The second-order valence-corrected chi connectivity index (χ2v) is 8.97. The van der Waals surface area contributed by atoms with Crippen LogP contribution in [0.25, 0.3) is 27.9 Å². The number of benzene rings is 3. The van der Waals surface area contributed by atoms with Crippen molar-refractivity contribution in [3.63, 3.8) is 0 Å². The molecule has 0 unspecified atom stereocenters. The van der Waals surface area contributed by atoms with Crippen LogP contribution in [0.5, 0.6) is 5.75 Å². The van der Waals surface area contributed by atoms with Crippen molar-refractivity contribution >= 4 is 39.6 Å². The maximum atomic E-state index is 13.7. The lowest BCUT2D eigenvalue weighted by Gasteiger charge is -2.18. The fourth-order valence-electron chi connectivity index (χ4n) is 4.92. The van der Waals surface area contributed by atoms with Crippen molar-refractivity contribution in [2.45, 2.75) is 6.42 Å². The van der Waals surface area contributed by atoms with Gasteiger partial charge in [0.15, 0.2) is 0 Å². The number of aliphatic imine (C=N–C) groups is 1. The normalized spacial score (nSPS) is 14.8. The third-order valence-electron chi connectivity index (χ3n) is 6.79. The van der Waals surface area contributed by atoms with Crippen LogP contribution < -0.4 is 4.74 Å². The van der Waals surface area contributed by atoms with Gasteiger partial charge in [-0.3, -0.25) is 9.69 Å². The number of H-pyrrole nitrogens is 1. The van der Waals surface area contributed by atoms with Crippen molar-refractivity contribution in [1.82, 2.24) is 14.5 Å². The zero-order valence-corrected chi connectivity index (χ0v) is 20.2. The van der Waals surface area contributed by atoms with E-state index in [0.717, 1.165) is 33.3 Å². The number of para-hydroxylation sites is 2. The van der Waals surface area contributed by atoms with E-state index in [9.17, 15) is 4.79 Å². The lowest BCUT2D eigenvalue weighted by Crippen LogP contribution is -2.34. The van der Waals surface area contributed by atoms with Crippen LogP contribution in [-0.4, -0.2) is 39.8 Å². The summed E-state index contributed by atoms with van der Waals surface area (Å²) in [7, 11) is 3.66. The van der Waals surface area contributed by atoms with E-state index in [0.29, 0.717) is 24.5 Å². The van der Waals surface area contributed by atoms with Crippen LogP contribution in [0, 0.1) is 0 Å². The van der Waals surface area contributed by atoms with Gasteiger partial charge in [0.1, 0.15) is 17.3 Å². The maximum Gasteiger partial charge on any atom is 0.278 e. The Labute approximate surface area is 209 Å². The van der Waals surface area contributed by atoms with Crippen molar-refractivity contribution in [3.8, 4) is 5.75 Å². The number of amides is 1. The van der Waals surface area contributed by atoms with Crippen molar-refractivity contribution < 1.29 is 9.53 Å². The van der Waals surface area contributed by atoms with Crippen LogP contribution in [0.3, 0.4) is 0 Å². The molecule has 3 aromatic carbocycles. The number of rotatable bonds is 6. The van der Waals surface area contributed by atoms with Crippen molar-refractivity contribution in [2.75, 3.05) is 13.7 Å². The van der Waals surface area contributed by atoms with E-state index in [-0.39, 0.29) is 5.91 Å². The molecule has 1 amide bonds. The first-order valence-electron chi connectivity index (χ1n) is 12.0. The van der Waals surface area contributed by atoms with E-state index in [4.69, 9.17) is 9.73 Å². The van der Waals surface area contributed by atoms with Crippen LogP contribution in [-0.2, 0) is 18.3 Å². The Hall–Kier alpha value is -4.58. The Morgan fingerprint density at radius 3 is 2.53 bits per heavy atom. The van der Waals surface area contributed by atoms with E-state index in [1.54, 1.807) is 12.0 Å². The fourth-order valence-corrected chi connectivity index (χ4v) is 4.92. The molecule has 0 spiro atoms. The predicted octanol–water partition coefficient (Wildman–Crippen LogP) is 5.54. The number of amidine groups is 1. The number of methoxy groups -OCH3 is 1. The van der Waals surface area contributed by atoms with Crippen LogP contribution in [0.15, 0.2) is 95.9 Å². The Morgan fingerprint density at radius 2 is 1.72 bits per heavy atom. The third-order valence-corrected chi connectivity index (χ3v) is 6.79. The van der Waals surface area contributed by atoms with Crippen molar-refractivity contribution in [3.05, 3.63) is 108 Å². The molecule has 6 heteroatoms. The molecular formula is C30H26N4O2. The largest absolute Gasteiger partial charge is 0.497 e. The molecule has 1 N–H and O–H groups in total. The minimum atomic E-state index is -0.0893. The van der Waals surface area contributed by atoms with Crippen LogP contribution >= 0.6 is 0 Å². The summed E-state index contributed by atoms with van der Waals surface area (Å²) in [6, 6.07) is 24.1. The van der Waals surface area contributed by atoms with Gasteiger partial charge in [0.05, 0.1) is 7.11 Å². The first kappa shape index (κ1) is 21.9. The van der Waals surface area contributed by atoms with Gasteiger partial charge in [0, 0.05) is 58.9 Å². The second kappa shape index (κ2) is 8.89. The lowest BCUT2D eigenvalue weighted by molar-refractivity contribution is -0.122. The van der Waals surface area contributed by atoms with Gasteiger partial charge in [-0.2, -0.15) is 0 Å². The topological polar surface area (TPSA) is 62.6 Å². The van der Waals surface area contributed by atoms with Crippen molar-refractivity contribution in [1.29, 1.82) is 0 Å². The molecule has 6 rings (SSSR count). The highest BCUT2D eigenvalue weighted by molar-refractivity contribution is 6.20. The van der Waals surface area contributed by atoms with Gasteiger partial charge in [0.25, 0.3) is 5.91 Å². The Bertz CT molecular complexity index is 1650. The number of nitrogens with zero attached hydrogens (tertiary/aromatic N) is 3. The molecule has 6 nitrogen and oxygen atoms in total. The summed E-state index contributed by atoms with van der Waals surface area (Å²) in [6.07, 6.45) is 6.69. The molecule has 0 radical (unpaired) electrons. The monoisotopic (exact) mass is 474 g/mol. The summed E-state index contributed by atoms with van der Waals surface area (Å²) in [5, 5.41) is 2.28. The van der Waals surface area contributed by atoms with Gasteiger partial charge in [-0.15, -0.1) is 0 Å². The average Bonchev–Trinajstić information content (AvgIpc) is 3.57. The highest BCUT2D eigenvalue weighted by Gasteiger charge is 2.31. The summed E-state index contributed by atoms with van der Waals surface area (Å²) in [5.41, 5.74) is 5.69. The molecule has 0 bridgehead atoms. The maximum absolute atomic E-state index is 13.7. The number of aromatic nitrogens is 2. The zero-order chi connectivity index (χ0) is 24.6. The molecule has 5 aromatic rings. The van der Waals surface area contributed by atoms with Gasteiger partial charge in [-0.25, -0.2) is 4.99 Å². The zero-order valence-electron chi connectivity index (χ0n) is 20.2. The molecular weight excluding hydrogens is 448 g/mol. The average molecular weight is 475 g/mol. The van der Waals surface area contributed by atoms with Gasteiger partial charge in [0.2, 0.25) is 0 Å². The SMILES string of the molecule is COc1ccc(C2=N/C(=C/c3cn(C)c4ccccc34)C(=O)N2CCc2c[nH]c3ccccc23)cc1. The van der Waals surface area contributed by atoms with Crippen LogP contribution in [0.1, 0.15) is 16.7 Å². The number of ether oxygens (including phenoxy) is 1. The number of hydrogen-bond acceptors (Lipinski definition) is 3. The van der Waals surface area contributed by atoms with Crippen LogP contribution in [0.2, 0.25) is 0 Å². The van der Waals surface area contributed by atoms with E-state index >= 15 is 0 Å². The summed E-state index contributed by atoms with van der Waals surface area (Å²) < 4.78 is 7.40. The predicted molar refractivity (Wildman–Crippen MR) is 144 cm³/mol. The first-order chi connectivity index (χ1) is 17.6. The lowest BCUT2D eigenvalue weighted by atomic mass is 10.1. The molecule has 3 heterocycles. The van der Waals surface area contributed by atoms with Gasteiger partial charge in [-0.1, -0.05) is 36.4 Å². The summed E-state index contributed by atoms with van der Waals surface area (Å²) in [5.74, 6) is 1.34. The van der Waals surface area contributed by atoms with E-state index < -0.39 is 0 Å². The minimum absolute atomic E-state index is 0.0893. The smallest absolute Gasteiger partial charge is 0.278 e. The molecule has 36 heavy (non-hydrogen) atoms. The minimum Gasteiger partial charge on any atom is -0.497 e. The molecule has 178 valence electrons.